The molecule has 5 nitrogen and oxygen atoms in total. The molecule has 1 aliphatic rings. The largest absolute Gasteiger partial charge is 0.586 e. The van der Waals surface area contributed by atoms with E-state index in [0.29, 0.717) is 24.5 Å². The van der Waals surface area contributed by atoms with E-state index < -0.39 is 6.29 Å². The molecule has 0 spiro atoms. The average Bonchev–Trinajstić information content (AvgIpc) is 3.20. The Kier molecular flexibility index (Phi) is 6.88. The predicted molar refractivity (Wildman–Crippen MR) is 137 cm³/mol. The van der Waals surface area contributed by atoms with E-state index in [4.69, 9.17) is 4.74 Å². The monoisotopic (exact) mass is 501 g/mol. The number of hydrogen-bond donors (Lipinski definition) is 1. The molecule has 4 aromatic rings. The summed E-state index contributed by atoms with van der Waals surface area (Å²) in [5.74, 6) is -0.567. The van der Waals surface area contributed by atoms with Crippen LogP contribution in [0.3, 0.4) is 0 Å². The van der Waals surface area contributed by atoms with Crippen LogP contribution in [0.15, 0.2) is 91.0 Å². The summed E-state index contributed by atoms with van der Waals surface area (Å²) in [5.41, 5.74) is 5.72. The molecule has 0 fully saturated rings. The smallest absolute Gasteiger partial charge is 0.395 e. The fourth-order valence-electron chi connectivity index (χ4n) is 4.26. The molecular weight excluding hydrogens is 476 g/mol. The highest BCUT2D eigenvalue weighted by Crippen LogP contribution is 2.42. The van der Waals surface area contributed by atoms with Crippen LogP contribution in [-0.2, 0) is 17.8 Å². The Balaban J connectivity index is 1.27. The average molecular weight is 502 g/mol. The molecule has 0 bridgehead atoms. The maximum Gasteiger partial charge on any atom is 0.586 e. The van der Waals surface area contributed by atoms with Crippen molar-refractivity contribution in [3.8, 4) is 22.6 Å². The number of aryl methyl sites for hydroxylation is 1. The van der Waals surface area contributed by atoms with Gasteiger partial charge in [-0.2, -0.15) is 0 Å². The highest BCUT2D eigenvalue weighted by atomic mass is 19.3. The normalized spacial score (nSPS) is 13.4. The van der Waals surface area contributed by atoms with Crippen molar-refractivity contribution in [3.05, 3.63) is 113 Å². The van der Waals surface area contributed by atoms with Gasteiger partial charge in [-0.15, -0.1) is 8.78 Å². The van der Waals surface area contributed by atoms with E-state index in [-0.39, 0.29) is 17.4 Å². The summed E-state index contributed by atoms with van der Waals surface area (Å²) in [4.78, 5) is 13.2. The van der Waals surface area contributed by atoms with Gasteiger partial charge in [0.15, 0.2) is 11.5 Å². The van der Waals surface area contributed by atoms with E-state index in [0.717, 1.165) is 34.2 Å². The zero-order valence-electron chi connectivity index (χ0n) is 20.2. The lowest BCUT2D eigenvalue weighted by molar-refractivity contribution is -0.286. The van der Waals surface area contributed by atoms with Crippen molar-refractivity contribution in [1.82, 2.24) is 0 Å². The minimum Gasteiger partial charge on any atom is -0.395 e. The molecule has 1 heterocycles. The number of fused-ring (bicyclic) bond motifs is 1. The van der Waals surface area contributed by atoms with Crippen LogP contribution in [0.2, 0.25) is 0 Å². The number of rotatable bonds is 8. The second-order valence-electron chi connectivity index (χ2n) is 8.77. The summed E-state index contributed by atoms with van der Waals surface area (Å²) in [6, 6.07) is 27.7. The van der Waals surface area contributed by atoms with Gasteiger partial charge in [-0.25, -0.2) is 0 Å². The highest BCUT2D eigenvalue weighted by Gasteiger charge is 2.43. The van der Waals surface area contributed by atoms with Gasteiger partial charge in [0, 0.05) is 17.3 Å². The molecule has 0 unspecified atom stereocenters. The van der Waals surface area contributed by atoms with Gasteiger partial charge in [-0.1, -0.05) is 66.7 Å². The van der Waals surface area contributed by atoms with Gasteiger partial charge in [0.05, 0.1) is 13.2 Å². The molecule has 0 aromatic heterocycles. The minimum absolute atomic E-state index is 0.0789. The Hall–Kier alpha value is -4.23. The van der Waals surface area contributed by atoms with Crippen LogP contribution in [0.5, 0.6) is 11.5 Å². The minimum atomic E-state index is -3.71. The summed E-state index contributed by atoms with van der Waals surface area (Å²) in [6.45, 7) is 3.13. The number of benzene rings is 4. The molecule has 1 amide bonds. The SMILES string of the molecule is Cc1cccc(C(=O)Nc2ccc3c(c2)OC(F)(F)O3)c1-c1ccc(CCOCc2ccccc2)cc1. The van der Waals surface area contributed by atoms with Crippen molar-refractivity contribution in [1.29, 1.82) is 0 Å². The molecule has 0 radical (unpaired) electrons. The maximum atomic E-state index is 13.3. The fourth-order valence-corrected chi connectivity index (χ4v) is 4.26. The molecule has 7 heteroatoms. The Morgan fingerprint density at radius 1 is 0.865 bits per heavy atom. The van der Waals surface area contributed by atoms with Crippen LogP contribution in [-0.4, -0.2) is 18.8 Å². The van der Waals surface area contributed by atoms with E-state index in [2.05, 4.69) is 14.8 Å². The van der Waals surface area contributed by atoms with Crippen LogP contribution < -0.4 is 14.8 Å². The van der Waals surface area contributed by atoms with Crippen LogP contribution in [0.4, 0.5) is 14.5 Å². The van der Waals surface area contributed by atoms with E-state index in [1.807, 2.05) is 73.7 Å². The number of nitrogens with one attached hydrogen (secondary N) is 1. The second kappa shape index (κ2) is 10.4. The third-order valence-electron chi connectivity index (χ3n) is 6.07. The number of anilines is 1. The van der Waals surface area contributed by atoms with E-state index in [1.54, 1.807) is 6.07 Å². The number of carbonyl (C=O) groups is 1. The third kappa shape index (κ3) is 5.78. The zero-order chi connectivity index (χ0) is 25.8. The lowest BCUT2D eigenvalue weighted by atomic mass is 9.93. The fraction of sp³-hybridized carbons (Fsp3) is 0.167. The van der Waals surface area contributed by atoms with E-state index in [1.165, 1.54) is 18.2 Å². The molecule has 188 valence electrons. The molecule has 1 aliphatic heterocycles. The first-order valence-electron chi connectivity index (χ1n) is 11.9. The first-order chi connectivity index (χ1) is 17.9. The maximum absolute atomic E-state index is 13.3. The Bertz CT molecular complexity index is 1410. The molecule has 0 atom stereocenters. The Morgan fingerprint density at radius 3 is 2.41 bits per heavy atom. The van der Waals surface area contributed by atoms with Crippen molar-refractivity contribution in [2.45, 2.75) is 26.2 Å². The van der Waals surface area contributed by atoms with Crippen molar-refractivity contribution < 1.29 is 27.8 Å². The molecule has 37 heavy (non-hydrogen) atoms. The van der Waals surface area contributed by atoms with Gasteiger partial charge >= 0.3 is 6.29 Å². The molecular formula is C30H25F2NO4. The lowest BCUT2D eigenvalue weighted by Crippen LogP contribution is -2.25. The molecule has 1 N–H and O–H groups in total. The number of amides is 1. The van der Waals surface area contributed by atoms with Crippen molar-refractivity contribution in [2.24, 2.45) is 0 Å². The van der Waals surface area contributed by atoms with Crippen LogP contribution >= 0.6 is 0 Å². The van der Waals surface area contributed by atoms with Crippen molar-refractivity contribution in [2.75, 3.05) is 11.9 Å². The van der Waals surface area contributed by atoms with E-state index in [9.17, 15) is 13.6 Å². The zero-order valence-corrected chi connectivity index (χ0v) is 20.2. The Morgan fingerprint density at radius 2 is 1.62 bits per heavy atom. The lowest BCUT2D eigenvalue weighted by Gasteiger charge is -2.14. The highest BCUT2D eigenvalue weighted by molar-refractivity contribution is 6.09. The van der Waals surface area contributed by atoms with Gasteiger partial charge < -0.3 is 19.5 Å². The first-order valence-corrected chi connectivity index (χ1v) is 11.9. The quantitative estimate of drug-likeness (QED) is 0.264. The number of hydrogen-bond acceptors (Lipinski definition) is 4. The molecule has 0 saturated carbocycles. The summed E-state index contributed by atoms with van der Waals surface area (Å²) in [7, 11) is 0. The van der Waals surface area contributed by atoms with Gasteiger partial charge in [0.1, 0.15) is 0 Å². The number of halogens is 2. The summed E-state index contributed by atoms with van der Waals surface area (Å²) < 4.78 is 41.4. The van der Waals surface area contributed by atoms with Crippen molar-refractivity contribution in [3.63, 3.8) is 0 Å². The summed E-state index contributed by atoms with van der Waals surface area (Å²) in [6.07, 6.45) is -2.94. The number of alkyl halides is 2. The van der Waals surface area contributed by atoms with Gasteiger partial charge in [-0.05, 0) is 59.4 Å². The summed E-state index contributed by atoms with van der Waals surface area (Å²) >= 11 is 0. The first kappa shape index (κ1) is 24.5. The van der Waals surface area contributed by atoms with Crippen LogP contribution in [0.25, 0.3) is 11.1 Å². The van der Waals surface area contributed by atoms with Gasteiger partial charge in [-0.3, -0.25) is 4.79 Å². The topological polar surface area (TPSA) is 56.8 Å². The molecule has 0 saturated heterocycles. The van der Waals surface area contributed by atoms with Gasteiger partial charge in [0.25, 0.3) is 5.91 Å². The Labute approximate surface area is 213 Å². The van der Waals surface area contributed by atoms with Crippen LogP contribution in [0, 0.1) is 6.92 Å². The second-order valence-corrected chi connectivity index (χ2v) is 8.77. The third-order valence-corrected chi connectivity index (χ3v) is 6.07. The molecule has 0 aliphatic carbocycles. The number of ether oxygens (including phenoxy) is 3. The van der Waals surface area contributed by atoms with E-state index >= 15 is 0 Å². The molecule has 4 aromatic carbocycles. The summed E-state index contributed by atoms with van der Waals surface area (Å²) in [5, 5.41) is 2.78. The standard InChI is InChI=1S/C30H25F2NO4/c1-20-6-5-9-25(29(34)33-24-14-15-26-27(18-24)37-30(31,32)36-26)28(20)23-12-10-21(11-13-23)16-17-35-19-22-7-3-2-4-8-22/h2-15,18H,16-17,19H2,1H3,(H,33,34). The van der Waals surface area contributed by atoms with Crippen LogP contribution in [0.1, 0.15) is 27.0 Å². The predicted octanol–water partition coefficient (Wildman–Crippen LogP) is 7.00. The number of carbonyl (C=O) groups excluding carboxylic acids is 1. The van der Waals surface area contributed by atoms with Crippen molar-refractivity contribution >= 4 is 11.6 Å². The molecule has 5 rings (SSSR count). The van der Waals surface area contributed by atoms with Gasteiger partial charge in [0.2, 0.25) is 0 Å².